The van der Waals surface area contributed by atoms with Gasteiger partial charge in [-0.15, -0.1) is 0 Å². The zero-order chi connectivity index (χ0) is 18.8. The highest BCUT2D eigenvalue weighted by atomic mass is 16.5. The Morgan fingerprint density at radius 3 is 2.73 bits per heavy atom. The van der Waals surface area contributed by atoms with Gasteiger partial charge in [-0.1, -0.05) is 5.11 Å². The number of ether oxygens (including phenoxy) is 3. The second-order valence-electron chi connectivity index (χ2n) is 5.70. The summed E-state index contributed by atoms with van der Waals surface area (Å²) in [4.78, 5) is 29.5. The number of aromatic amines is 1. The SMILES string of the molecule is COc1cc2c(=O)[nH]c(=O)n([C@@H]3C[C@H](O)[C@@H](CN=[N+]=[N-])O3)c2cc1OC. The fourth-order valence-electron chi connectivity index (χ4n) is 3.02. The Balaban J connectivity index is 2.15. The van der Waals surface area contributed by atoms with Crippen molar-refractivity contribution < 1.29 is 19.3 Å². The minimum atomic E-state index is -0.917. The summed E-state index contributed by atoms with van der Waals surface area (Å²) in [6.07, 6.45) is -2.40. The van der Waals surface area contributed by atoms with Gasteiger partial charge in [-0.05, 0) is 11.6 Å². The molecule has 1 aliphatic rings. The Kier molecular flexibility index (Phi) is 4.85. The predicted molar refractivity (Wildman–Crippen MR) is 90.5 cm³/mol. The van der Waals surface area contributed by atoms with Crippen molar-refractivity contribution in [3.63, 3.8) is 0 Å². The van der Waals surface area contributed by atoms with Gasteiger partial charge in [-0.3, -0.25) is 14.3 Å². The van der Waals surface area contributed by atoms with Crippen molar-refractivity contribution in [2.75, 3.05) is 20.8 Å². The first kappa shape index (κ1) is 17.8. The van der Waals surface area contributed by atoms with E-state index in [0.717, 1.165) is 0 Å². The van der Waals surface area contributed by atoms with Crippen LogP contribution in [0, 0.1) is 0 Å². The lowest BCUT2D eigenvalue weighted by molar-refractivity contribution is -0.0130. The number of fused-ring (bicyclic) bond motifs is 1. The van der Waals surface area contributed by atoms with Gasteiger partial charge in [-0.2, -0.15) is 0 Å². The lowest BCUT2D eigenvalue weighted by Crippen LogP contribution is -2.33. The lowest BCUT2D eigenvalue weighted by Gasteiger charge is -2.18. The van der Waals surface area contributed by atoms with Gasteiger partial charge in [0.05, 0.1) is 43.9 Å². The van der Waals surface area contributed by atoms with Gasteiger partial charge in [0.15, 0.2) is 11.5 Å². The number of aromatic nitrogens is 2. The van der Waals surface area contributed by atoms with Gasteiger partial charge in [0.2, 0.25) is 0 Å². The molecule has 1 aliphatic heterocycles. The van der Waals surface area contributed by atoms with E-state index in [1.165, 1.54) is 30.9 Å². The van der Waals surface area contributed by atoms with Crippen molar-refractivity contribution in [3.8, 4) is 11.5 Å². The maximum Gasteiger partial charge on any atom is 0.330 e. The van der Waals surface area contributed by atoms with Crippen LogP contribution in [0.3, 0.4) is 0 Å². The molecule has 1 aromatic heterocycles. The molecule has 3 atom stereocenters. The van der Waals surface area contributed by atoms with Gasteiger partial charge in [0, 0.05) is 17.4 Å². The maximum atomic E-state index is 12.4. The van der Waals surface area contributed by atoms with Crippen LogP contribution in [-0.2, 0) is 4.74 Å². The third kappa shape index (κ3) is 2.99. The number of benzene rings is 1. The molecule has 1 fully saturated rings. The molecule has 1 saturated heterocycles. The number of nitrogens with one attached hydrogen (secondary N) is 1. The highest BCUT2D eigenvalue weighted by molar-refractivity contribution is 5.82. The number of hydrogen-bond donors (Lipinski definition) is 2. The molecule has 0 unspecified atom stereocenters. The molecular formula is C15H17N5O6. The number of methoxy groups -OCH3 is 2. The number of aliphatic hydroxyl groups is 1. The van der Waals surface area contributed by atoms with E-state index in [1.807, 2.05) is 0 Å². The van der Waals surface area contributed by atoms with E-state index >= 15 is 0 Å². The molecule has 0 spiro atoms. The Morgan fingerprint density at radius 2 is 2.08 bits per heavy atom. The molecule has 0 saturated carbocycles. The molecule has 1 aromatic carbocycles. The number of hydrogen-bond acceptors (Lipinski definition) is 7. The zero-order valence-electron chi connectivity index (χ0n) is 14.1. The monoisotopic (exact) mass is 363 g/mol. The van der Waals surface area contributed by atoms with Gasteiger partial charge in [0.25, 0.3) is 5.56 Å². The third-order valence-electron chi connectivity index (χ3n) is 4.26. The second kappa shape index (κ2) is 7.08. The summed E-state index contributed by atoms with van der Waals surface area (Å²) in [6.45, 7) is -0.0681. The van der Waals surface area contributed by atoms with E-state index in [-0.39, 0.29) is 23.9 Å². The minimum Gasteiger partial charge on any atom is -0.493 e. The topological polar surface area (TPSA) is 152 Å². The van der Waals surface area contributed by atoms with Crippen molar-refractivity contribution in [2.24, 2.45) is 5.11 Å². The Hall–Kier alpha value is -3.01. The van der Waals surface area contributed by atoms with Crippen LogP contribution in [0.2, 0.25) is 0 Å². The Bertz CT molecular complexity index is 992. The first-order chi connectivity index (χ1) is 12.5. The van der Waals surface area contributed by atoms with E-state index in [0.29, 0.717) is 11.5 Å². The van der Waals surface area contributed by atoms with Gasteiger partial charge < -0.3 is 19.3 Å². The summed E-state index contributed by atoms with van der Waals surface area (Å²) < 4.78 is 17.3. The zero-order valence-corrected chi connectivity index (χ0v) is 14.1. The molecule has 0 amide bonds. The molecule has 0 aliphatic carbocycles. The average Bonchev–Trinajstić information content (AvgIpc) is 2.99. The molecule has 138 valence electrons. The fraction of sp³-hybridized carbons (Fsp3) is 0.467. The first-order valence-electron chi connectivity index (χ1n) is 7.75. The molecular weight excluding hydrogens is 346 g/mol. The van der Waals surface area contributed by atoms with Crippen molar-refractivity contribution in [1.82, 2.24) is 9.55 Å². The van der Waals surface area contributed by atoms with E-state index in [4.69, 9.17) is 19.7 Å². The van der Waals surface area contributed by atoms with E-state index in [1.54, 1.807) is 0 Å². The van der Waals surface area contributed by atoms with Crippen LogP contribution in [0.4, 0.5) is 0 Å². The normalized spacial score (nSPS) is 22.2. The van der Waals surface area contributed by atoms with E-state index in [9.17, 15) is 14.7 Å². The largest absolute Gasteiger partial charge is 0.493 e. The van der Waals surface area contributed by atoms with E-state index in [2.05, 4.69) is 15.0 Å². The first-order valence-corrected chi connectivity index (χ1v) is 7.75. The predicted octanol–water partition coefficient (Wildman–Crippen LogP) is 0.666. The average molecular weight is 363 g/mol. The molecule has 0 radical (unpaired) electrons. The summed E-state index contributed by atoms with van der Waals surface area (Å²) in [5.41, 5.74) is 7.43. The van der Waals surface area contributed by atoms with Crippen LogP contribution in [-0.4, -0.2) is 47.6 Å². The van der Waals surface area contributed by atoms with Crippen LogP contribution < -0.4 is 20.7 Å². The smallest absolute Gasteiger partial charge is 0.330 e. The van der Waals surface area contributed by atoms with Crippen molar-refractivity contribution in [1.29, 1.82) is 0 Å². The summed E-state index contributed by atoms with van der Waals surface area (Å²) >= 11 is 0. The number of azide groups is 1. The summed E-state index contributed by atoms with van der Waals surface area (Å²) in [5, 5.41) is 13.7. The van der Waals surface area contributed by atoms with Crippen molar-refractivity contribution in [2.45, 2.75) is 24.9 Å². The minimum absolute atomic E-state index is 0.0681. The van der Waals surface area contributed by atoms with Crippen molar-refractivity contribution in [3.05, 3.63) is 43.4 Å². The van der Waals surface area contributed by atoms with Crippen LogP contribution >= 0.6 is 0 Å². The number of rotatable bonds is 5. The molecule has 26 heavy (non-hydrogen) atoms. The lowest BCUT2D eigenvalue weighted by atomic mass is 10.1. The van der Waals surface area contributed by atoms with Gasteiger partial charge in [-0.25, -0.2) is 4.79 Å². The highest BCUT2D eigenvalue weighted by Crippen LogP contribution is 2.34. The number of H-pyrrole nitrogens is 1. The standard InChI is InChI=1S/C15H17N5O6/c1-24-10-3-7-8(4-11(10)25-2)20(15(23)18-14(7)22)13-5-9(21)12(26-13)6-17-19-16/h3-4,9,12-13,21H,5-6H2,1-2H3,(H,18,22,23)/t9-,12+,13-/m0/s1. The Labute approximate surface area is 146 Å². The van der Waals surface area contributed by atoms with Gasteiger partial charge >= 0.3 is 5.69 Å². The number of aliphatic hydroxyl groups excluding tert-OH is 1. The Morgan fingerprint density at radius 1 is 1.38 bits per heavy atom. The molecule has 11 nitrogen and oxygen atoms in total. The molecule has 3 rings (SSSR count). The van der Waals surface area contributed by atoms with Crippen LogP contribution in [0.1, 0.15) is 12.6 Å². The van der Waals surface area contributed by atoms with E-state index < -0.39 is 29.7 Å². The second-order valence-corrected chi connectivity index (χ2v) is 5.70. The van der Waals surface area contributed by atoms with Gasteiger partial charge in [0.1, 0.15) is 6.23 Å². The molecule has 2 N–H and O–H groups in total. The molecule has 2 heterocycles. The summed E-state index contributed by atoms with van der Waals surface area (Å²) in [5.74, 6) is 0.673. The maximum absolute atomic E-state index is 12.4. The highest BCUT2D eigenvalue weighted by Gasteiger charge is 2.36. The summed E-state index contributed by atoms with van der Waals surface area (Å²) in [6, 6.07) is 2.97. The summed E-state index contributed by atoms with van der Waals surface area (Å²) in [7, 11) is 2.87. The fourth-order valence-corrected chi connectivity index (χ4v) is 3.02. The quantitative estimate of drug-likeness (QED) is 0.452. The van der Waals surface area contributed by atoms with Crippen LogP contribution in [0.15, 0.2) is 26.8 Å². The molecule has 11 heteroatoms. The molecule has 2 aromatic rings. The van der Waals surface area contributed by atoms with Crippen LogP contribution in [0.5, 0.6) is 11.5 Å². The number of nitrogens with zero attached hydrogens (tertiary/aromatic N) is 4. The molecule has 0 bridgehead atoms. The third-order valence-corrected chi connectivity index (χ3v) is 4.26. The van der Waals surface area contributed by atoms with Crippen molar-refractivity contribution >= 4 is 10.9 Å². The van der Waals surface area contributed by atoms with Crippen LogP contribution in [0.25, 0.3) is 21.3 Å².